The normalized spacial score (nSPS) is 17.3. The number of aliphatic carboxylic acids is 1. The summed E-state index contributed by atoms with van der Waals surface area (Å²) in [7, 11) is 1.46. The van der Waals surface area contributed by atoms with Crippen molar-refractivity contribution in [3.8, 4) is 5.75 Å². The van der Waals surface area contributed by atoms with Crippen LogP contribution in [0, 0.1) is 5.92 Å². The van der Waals surface area contributed by atoms with Gasteiger partial charge in [-0.15, -0.1) is 0 Å². The van der Waals surface area contributed by atoms with Gasteiger partial charge in [-0.05, 0) is 37.3 Å². The molecule has 1 aromatic carbocycles. The number of ether oxygens (including phenoxy) is 2. The molecule has 198 valence electrons. The molecule has 4 N–H and O–H groups in total. The number of amides is 3. The number of rotatable bonds is 12. The molecule has 0 aliphatic heterocycles. The Morgan fingerprint density at radius 3 is 2.65 bits per heavy atom. The maximum atomic E-state index is 13.1. The van der Waals surface area contributed by atoms with Gasteiger partial charge in [-0.25, -0.2) is 4.79 Å². The minimum atomic E-state index is -0.960. The van der Waals surface area contributed by atoms with Crippen LogP contribution >= 0.6 is 0 Å². The highest BCUT2D eigenvalue weighted by Gasteiger charge is 2.35. The number of aromatic nitrogens is 1. The number of carbonyl (C=O) groups excluding carboxylic acids is 3. The Labute approximate surface area is 214 Å². The number of nitrogens with one attached hydrogen (secondary N) is 3. The van der Waals surface area contributed by atoms with Crippen LogP contribution in [0.5, 0.6) is 5.75 Å². The van der Waals surface area contributed by atoms with E-state index in [1.54, 1.807) is 6.07 Å². The fourth-order valence-corrected chi connectivity index (χ4v) is 4.15. The van der Waals surface area contributed by atoms with Gasteiger partial charge in [-0.3, -0.25) is 19.4 Å². The van der Waals surface area contributed by atoms with Crippen molar-refractivity contribution in [3.05, 3.63) is 59.9 Å². The first kappa shape index (κ1) is 27.4. The Kier molecular flexibility index (Phi) is 10.2. The fraction of sp³-hybridized carbons (Fsp3) is 0.423. The summed E-state index contributed by atoms with van der Waals surface area (Å²) in [5.74, 6) is -2.24. The minimum Gasteiger partial charge on any atom is -0.497 e. The first-order valence-corrected chi connectivity index (χ1v) is 12.2. The molecule has 0 spiro atoms. The second-order valence-corrected chi connectivity index (χ2v) is 8.73. The zero-order valence-electron chi connectivity index (χ0n) is 20.6. The van der Waals surface area contributed by atoms with Gasteiger partial charge in [0.1, 0.15) is 24.1 Å². The molecular weight excluding hydrogens is 480 g/mol. The van der Waals surface area contributed by atoms with E-state index in [2.05, 4.69) is 20.9 Å². The smallest absolute Gasteiger partial charge is 0.407 e. The predicted octanol–water partition coefficient (Wildman–Crippen LogP) is 2.26. The molecule has 1 fully saturated rings. The maximum absolute atomic E-state index is 13.1. The lowest BCUT2D eigenvalue weighted by molar-refractivity contribution is -0.142. The molecule has 37 heavy (non-hydrogen) atoms. The van der Waals surface area contributed by atoms with E-state index in [0.29, 0.717) is 31.4 Å². The standard InChI is InChI=1S/C26H32N4O7/c1-36-18-12-14-27-22(15-18)24(32)30-21(23(31)29-20-10-5-9-19(20)25(33)34)11-6-13-28-26(35)37-16-17-7-3-2-4-8-17/h2-4,7-8,12,14-15,19-21H,5-6,9-11,13,16H2,1H3,(H,28,35)(H,29,31)(H,30,32)(H,33,34)/t19-,20+,21+/m1/s1. The fourth-order valence-electron chi connectivity index (χ4n) is 4.15. The van der Waals surface area contributed by atoms with Crippen molar-refractivity contribution >= 4 is 23.9 Å². The van der Waals surface area contributed by atoms with Gasteiger partial charge in [-0.2, -0.15) is 0 Å². The summed E-state index contributed by atoms with van der Waals surface area (Å²) in [6.07, 6.45) is 3.12. The number of nitrogens with zero attached hydrogens (tertiary/aromatic N) is 1. The molecule has 0 radical (unpaired) electrons. The first-order chi connectivity index (χ1) is 17.9. The Bertz CT molecular complexity index is 1080. The summed E-state index contributed by atoms with van der Waals surface area (Å²) in [6, 6.07) is 10.8. The molecule has 11 nitrogen and oxygen atoms in total. The number of hydrogen-bond donors (Lipinski definition) is 4. The van der Waals surface area contributed by atoms with Gasteiger partial charge in [0, 0.05) is 24.8 Å². The number of methoxy groups -OCH3 is 1. The first-order valence-electron chi connectivity index (χ1n) is 12.2. The number of hydrogen-bond acceptors (Lipinski definition) is 7. The molecule has 1 aliphatic carbocycles. The van der Waals surface area contributed by atoms with Crippen LogP contribution in [0.4, 0.5) is 4.79 Å². The Balaban J connectivity index is 1.56. The van der Waals surface area contributed by atoms with E-state index < -0.39 is 41.9 Å². The summed E-state index contributed by atoms with van der Waals surface area (Å²) in [5.41, 5.74) is 0.930. The van der Waals surface area contributed by atoms with Crippen molar-refractivity contribution in [2.24, 2.45) is 5.92 Å². The molecule has 0 saturated heterocycles. The lowest BCUT2D eigenvalue weighted by atomic mass is 10.0. The van der Waals surface area contributed by atoms with Crippen molar-refractivity contribution in [2.75, 3.05) is 13.7 Å². The van der Waals surface area contributed by atoms with Crippen LogP contribution in [-0.4, -0.2) is 59.7 Å². The number of benzene rings is 1. The van der Waals surface area contributed by atoms with Crippen LogP contribution in [-0.2, 0) is 20.9 Å². The van der Waals surface area contributed by atoms with Gasteiger partial charge in [0.2, 0.25) is 5.91 Å². The SMILES string of the molecule is COc1ccnc(C(=O)N[C@@H](CCCNC(=O)OCc2ccccc2)C(=O)N[C@H]2CCC[C@H]2C(=O)O)c1. The van der Waals surface area contributed by atoms with Gasteiger partial charge in [-0.1, -0.05) is 36.8 Å². The molecular formula is C26H32N4O7. The van der Waals surface area contributed by atoms with Crippen LogP contribution in [0.15, 0.2) is 48.7 Å². The lowest BCUT2D eigenvalue weighted by Crippen LogP contribution is -2.51. The third-order valence-electron chi connectivity index (χ3n) is 6.13. The van der Waals surface area contributed by atoms with Crippen LogP contribution < -0.4 is 20.7 Å². The monoisotopic (exact) mass is 512 g/mol. The summed E-state index contributed by atoms with van der Waals surface area (Å²) in [6.45, 7) is 0.347. The largest absolute Gasteiger partial charge is 0.497 e. The number of pyridine rings is 1. The van der Waals surface area contributed by atoms with E-state index in [9.17, 15) is 24.3 Å². The number of carbonyl (C=O) groups is 4. The minimum absolute atomic E-state index is 0.0732. The summed E-state index contributed by atoms with van der Waals surface area (Å²) < 4.78 is 10.3. The third-order valence-corrected chi connectivity index (χ3v) is 6.13. The molecule has 0 bridgehead atoms. The third kappa shape index (κ3) is 8.48. The van der Waals surface area contributed by atoms with E-state index >= 15 is 0 Å². The van der Waals surface area contributed by atoms with Gasteiger partial charge in [0.15, 0.2) is 0 Å². The van der Waals surface area contributed by atoms with Gasteiger partial charge in [0.25, 0.3) is 5.91 Å². The quantitative estimate of drug-likeness (QED) is 0.316. The average Bonchev–Trinajstić information content (AvgIpc) is 3.38. The average molecular weight is 513 g/mol. The van der Waals surface area contributed by atoms with E-state index in [4.69, 9.17) is 9.47 Å². The molecule has 1 aromatic heterocycles. The topological polar surface area (TPSA) is 156 Å². The van der Waals surface area contributed by atoms with Gasteiger partial charge in [0.05, 0.1) is 13.0 Å². The molecule has 3 rings (SSSR count). The van der Waals surface area contributed by atoms with Crippen LogP contribution in [0.1, 0.15) is 48.2 Å². The zero-order chi connectivity index (χ0) is 26.6. The molecule has 2 aromatic rings. The lowest BCUT2D eigenvalue weighted by Gasteiger charge is -2.23. The molecule has 1 heterocycles. The van der Waals surface area contributed by atoms with Crippen molar-refractivity contribution in [2.45, 2.75) is 50.8 Å². The van der Waals surface area contributed by atoms with Crippen LogP contribution in [0.3, 0.4) is 0 Å². The summed E-state index contributed by atoms with van der Waals surface area (Å²) >= 11 is 0. The molecule has 1 aliphatic rings. The molecule has 0 unspecified atom stereocenters. The number of alkyl carbamates (subject to hydrolysis) is 1. The van der Waals surface area contributed by atoms with Crippen molar-refractivity contribution in [1.29, 1.82) is 0 Å². The highest BCUT2D eigenvalue weighted by molar-refractivity contribution is 5.96. The second kappa shape index (κ2) is 13.8. The second-order valence-electron chi connectivity index (χ2n) is 8.73. The molecule has 3 amide bonds. The molecule has 11 heteroatoms. The van der Waals surface area contributed by atoms with E-state index in [1.165, 1.54) is 19.4 Å². The molecule has 1 saturated carbocycles. The van der Waals surface area contributed by atoms with E-state index in [1.807, 2.05) is 30.3 Å². The summed E-state index contributed by atoms with van der Waals surface area (Å²) in [5, 5.41) is 17.5. The summed E-state index contributed by atoms with van der Waals surface area (Å²) in [4.78, 5) is 53.4. The Morgan fingerprint density at radius 1 is 1.14 bits per heavy atom. The Morgan fingerprint density at radius 2 is 1.92 bits per heavy atom. The van der Waals surface area contributed by atoms with Gasteiger partial charge < -0.3 is 30.5 Å². The van der Waals surface area contributed by atoms with Crippen molar-refractivity contribution in [3.63, 3.8) is 0 Å². The highest BCUT2D eigenvalue weighted by atomic mass is 16.5. The van der Waals surface area contributed by atoms with Crippen molar-refractivity contribution < 1.29 is 33.8 Å². The van der Waals surface area contributed by atoms with E-state index in [0.717, 1.165) is 5.56 Å². The Hall–Kier alpha value is -4.15. The number of carboxylic acid groups (broad SMARTS) is 1. The molecule has 3 atom stereocenters. The van der Waals surface area contributed by atoms with Crippen molar-refractivity contribution in [1.82, 2.24) is 20.9 Å². The highest BCUT2D eigenvalue weighted by Crippen LogP contribution is 2.26. The predicted molar refractivity (Wildman–Crippen MR) is 133 cm³/mol. The van der Waals surface area contributed by atoms with Crippen LogP contribution in [0.2, 0.25) is 0 Å². The van der Waals surface area contributed by atoms with Crippen LogP contribution in [0.25, 0.3) is 0 Å². The number of carboxylic acids is 1. The zero-order valence-corrected chi connectivity index (χ0v) is 20.6. The van der Waals surface area contributed by atoms with E-state index in [-0.39, 0.29) is 25.3 Å². The van der Waals surface area contributed by atoms with Gasteiger partial charge >= 0.3 is 12.1 Å². The maximum Gasteiger partial charge on any atom is 0.407 e.